The molecular formula is C18H21F2N5O2. The van der Waals surface area contributed by atoms with Gasteiger partial charge in [0.2, 0.25) is 5.82 Å². The number of aromatic nitrogens is 2. The zero-order valence-corrected chi connectivity index (χ0v) is 15.2. The minimum absolute atomic E-state index is 0.0373. The van der Waals surface area contributed by atoms with E-state index in [0.29, 0.717) is 37.4 Å². The van der Waals surface area contributed by atoms with Crippen LogP contribution in [0.3, 0.4) is 0 Å². The summed E-state index contributed by atoms with van der Waals surface area (Å²) in [6.07, 6.45) is 2.44. The van der Waals surface area contributed by atoms with E-state index in [1.165, 1.54) is 23.2 Å². The number of halogens is 2. The summed E-state index contributed by atoms with van der Waals surface area (Å²) < 4.78 is 32.4. The lowest BCUT2D eigenvalue weighted by atomic mass is 10.1. The average Bonchev–Trinajstić information content (AvgIpc) is 2.64. The molecular weight excluding hydrogens is 356 g/mol. The fourth-order valence-electron chi connectivity index (χ4n) is 2.87. The Kier molecular flexibility index (Phi) is 5.38. The SMILES string of the molecule is CN(C)C(=O)c1ncc(N)c(N2CCC(Oc3ccc(F)cc3F)CC2)n1. The summed E-state index contributed by atoms with van der Waals surface area (Å²) in [5.41, 5.74) is 6.36. The number of nitrogen functional groups attached to an aromatic ring is 1. The molecule has 0 spiro atoms. The first-order chi connectivity index (χ1) is 12.8. The van der Waals surface area contributed by atoms with Crippen molar-refractivity contribution in [3.63, 3.8) is 0 Å². The van der Waals surface area contributed by atoms with E-state index in [2.05, 4.69) is 9.97 Å². The quantitative estimate of drug-likeness (QED) is 0.878. The fourth-order valence-corrected chi connectivity index (χ4v) is 2.87. The molecule has 3 rings (SSSR count). The number of piperidine rings is 1. The summed E-state index contributed by atoms with van der Waals surface area (Å²) in [5, 5.41) is 0. The second-order valence-electron chi connectivity index (χ2n) is 6.55. The van der Waals surface area contributed by atoms with Crippen LogP contribution in [0.2, 0.25) is 0 Å². The number of hydrogen-bond donors (Lipinski definition) is 1. The van der Waals surface area contributed by atoms with E-state index in [1.54, 1.807) is 14.1 Å². The molecule has 9 heteroatoms. The molecule has 1 saturated heterocycles. The van der Waals surface area contributed by atoms with Gasteiger partial charge in [0.1, 0.15) is 11.9 Å². The normalized spacial score (nSPS) is 14.9. The Morgan fingerprint density at radius 3 is 2.63 bits per heavy atom. The van der Waals surface area contributed by atoms with E-state index in [4.69, 9.17) is 10.5 Å². The van der Waals surface area contributed by atoms with Gasteiger partial charge in [-0.25, -0.2) is 18.7 Å². The molecule has 2 N–H and O–H groups in total. The molecule has 0 aliphatic carbocycles. The number of nitrogens with zero attached hydrogens (tertiary/aromatic N) is 4. The van der Waals surface area contributed by atoms with Crippen molar-refractivity contribution >= 4 is 17.4 Å². The maximum absolute atomic E-state index is 13.7. The van der Waals surface area contributed by atoms with Crippen molar-refractivity contribution in [1.82, 2.24) is 14.9 Å². The third-order valence-corrected chi connectivity index (χ3v) is 4.32. The molecule has 1 aliphatic heterocycles. The molecule has 2 heterocycles. The van der Waals surface area contributed by atoms with Gasteiger partial charge in [-0.2, -0.15) is 0 Å². The number of rotatable bonds is 4. The molecule has 0 unspecified atom stereocenters. The van der Waals surface area contributed by atoms with Crippen LogP contribution in [-0.2, 0) is 0 Å². The van der Waals surface area contributed by atoms with Crippen molar-refractivity contribution in [3.05, 3.63) is 41.9 Å². The Morgan fingerprint density at radius 2 is 2.00 bits per heavy atom. The van der Waals surface area contributed by atoms with Crippen LogP contribution in [0.1, 0.15) is 23.5 Å². The first-order valence-electron chi connectivity index (χ1n) is 8.56. The van der Waals surface area contributed by atoms with E-state index in [-0.39, 0.29) is 23.6 Å². The van der Waals surface area contributed by atoms with Gasteiger partial charge >= 0.3 is 0 Å². The number of amides is 1. The van der Waals surface area contributed by atoms with Gasteiger partial charge in [-0.05, 0) is 12.1 Å². The second kappa shape index (κ2) is 7.73. The Morgan fingerprint density at radius 1 is 1.30 bits per heavy atom. The first kappa shape index (κ1) is 18.8. The number of carbonyl (C=O) groups is 1. The standard InChI is InChI=1S/C18H21F2N5O2/c1-24(2)18(26)16-22-10-14(21)17(23-16)25-7-5-12(6-8-25)27-15-4-3-11(19)9-13(15)20/h3-4,9-10,12H,5-8,21H2,1-2H3. The topological polar surface area (TPSA) is 84.6 Å². The van der Waals surface area contributed by atoms with Crippen LogP contribution in [0, 0.1) is 11.6 Å². The maximum Gasteiger partial charge on any atom is 0.291 e. The zero-order chi connectivity index (χ0) is 19.6. The Balaban J connectivity index is 1.67. The summed E-state index contributed by atoms with van der Waals surface area (Å²) in [5.74, 6) is -1.05. The van der Waals surface area contributed by atoms with Crippen LogP contribution < -0.4 is 15.4 Å². The molecule has 0 saturated carbocycles. The highest BCUT2D eigenvalue weighted by Crippen LogP contribution is 2.27. The minimum Gasteiger partial charge on any atom is -0.487 e. The van der Waals surface area contributed by atoms with Crippen LogP contribution in [0.15, 0.2) is 24.4 Å². The molecule has 1 amide bonds. The Labute approximate surface area is 155 Å². The van der Waals surface area contributed by atoms with Gasteiger partial charge in [0.15, 0.2) is 17.4 Å². The smallest absolute Gasteiger partial charge is 0.291 e. The molecule has 0 bridgehead atoms. The predicted octanol–water partition coefficient (Wildman–Crippen LogP) is 2.09. The summed E-state index contributed by atoms with van der Waals surface area (Å²) in [6.45, 7) is 1.15. The van der Waals surface area contributed by atoms with Crippen molar-refractivity contribution in [2.24, 2.45) is 0 Å². The van der Waals surface area contributed by atoms with Crippen molar-refractivity contribution in [1.29, 1.82) is 0 Å². The van der Waals surface area contributed by atoms with Gasteiger partial charge in [-0.15, -0.1) is 0 Å². The molecule has 1 aromatic heterocycles. The molecule has 7 nitrogen and oxygen atoms in total. The van der Waals surface area contributed by atoms with Crippen molar-refractivity contribution in [2.75, 3.05) is 37.8 Å². The van der Waals surface area contributed by atoms with Crippen molar-refractivity contribution in [3.8, 4) is 5.75 Å². The highest BCUT2D eigenvalue weighted by Gasteiger charge is 2.25. The minimum atomic E-state index is -0.718. The number of hydrogen-bond acceptors (Lipinski definition) is 6. The van der Waals surface area contributed by atoms with Crippen LogP contribution >= 0.6 is 0 Å². The van der Waals surface area contributed by atoms with Crippen LogP contribution in [0.25, 0.3) is 0 Å². The third kappa shape index (κ3) is 4.24. The molecule has 2 aromatic rings. The lowest BCUT2D eigenvalue weighted by Crippen LogP contribution is -2.39. The molecule has 1 fully saturated rings. The molecule has 0 atom stereocenters. The highest BCUT2D eigenvalue weighted by molar-refractivity contribution is 5.90. The zero-order valence-electron chi connectivity index (χ0n) is 15.2. The summed E-state index contributed by atoms with van der Waals surface area (Å²) in [7, 11) is 3.25. The Hall–Kier alpha value is -2.97. The average molecular weight is 377 g/mol. The summed E-state index contributed by atoms with van der Waals surface area (Å²) in [4.78, 5) is 23.7. The summed E-state index contributed by atoms with van der Waals surface area (Å²) >= 11 is 0. The summed E-state index contributed by atoms with van der Waals surface area (Å²) in [6, 6.07) is 3.26. The van der Waals surface area contributed by atoms with E-state index in [0.717, 1.165) is 6.07 Å². The Bertz CT molecular complexity index is 838. The number of ether oxygens (including phenoxy) is 1. The van der Waals surface area contributed by atoms with E-state index in [1.807, 2.05) is 4.90 Å². The second-order valence-corrected chi connectivity index (χ2v) is 6.55. The van der Waals surface area contributed by atoms with E-state index >= 15 is 0 Å². The van der Waals surface area contributed by atoms with Gasteiger partial charge in [0.05, 0.1) is 11.9 Å². The van der Waals surface area contributed by atoms with Gasteiger partial charge in [0, 0.05) is 46.1 Å². The molecule has 1 aliphatic rings. The maximum atomic E-state index is 13.7. The molecule has 0 radical (unpaired) electrons. The van der Waals surface area contributed by atoms with Gasteiger partial charge in [-0.3, -0.25) is 4.79 Å². The number of nitrogens with two attached hydrogens (primary N) is 1. The highest BCUT2D eigenvalue weighted by atomic mass is 19.1. The molecule has 27 heavy (non-hydrogen) atoms. The number of carbonyl (C=O) groups excluding carboxylic acids is 1. The van der Waals surface area contributed by atoms with Crippen molar-refractivity contribution in [2.45, 2.75) is 18.9 Å². The van der Waals surface area contributed by atoms with Gasteiger partial charge in [-0.1, -0.05) is 0 Å². The largest absolute Gasteiger partial charge is 0.487 e. The van der Waals surface area contributed by atoms with Gasteiger partial charge in [0.25, 0.3) is 5.91 Å². The van der Waals surface area contributed by atoms with Crippen LogP contribution in [0.4, 0.5) is 20.3 Å². The third-order valence-electron chi connectivity index (χ3n) is 4.32. The fraction of sp³-hybridized carbons (Fsp3) is 0.389. The lowest BCUT2D eigenvalue weighted by Gasteiger charge is -2.33. The van der Waals surface area contributed by atoms with E-state index < -0.39 is 11.6 Å². The van der Waals surface area contributed by atoms with Crippen LogP contribution in [0.5, 0.6) is 5.75 Å². The van der Waals surface area contributed by atoms with Crippen LogP contribution in [-0.4, -0.2) is 54.1 Å². The van der Waals surface area contributed by atoms with Gasteiger partial charge < -0.3 is 20.3 Å². The lowest BCUT2D eigenvalue weighted by molar-refractivity contribution is 0.0816. The first-order valence-corrected chi connectivity index (χ1v) is 8.56. The molecule has 144 valence electrons. The monoisotopic (exact) mass is 377 g/mol. The number of benzene rings is 1. The molecule has 1 aromatic carbocycles. The predicted molar refractivity (Wildman–Crippen MR) is 96.7 cm³/mol. The van der Waals surface area contributed by atoms with Crippen molar-refractivity contribution < 1.29 is 18.3 Å². The van der Waals surface area contributed by atoms with E-state index in [9.17, 15) is 13.6 Å². The number of anilines is 2.